The van der Waals surface area contributed by atoms with Gasteiger partial charge < -0.3 is 19.6 Å². The number of pyridine rings is 1. The van der Waals surface area contributed by atoms with Crippen LogP contribution in [0.5, 0.6) is 0 Å². The van der Waals surface area contributed by atoms with Gasteiger partial charge in [0, 0.05) is 36.5 Å². The van der Waals surface area contributed by atoms with Crippen LogP contribution in [0.3, 0.4) is 0 Å². The molecule has 2 aliphatic rings. The molecular weight excluding hydrogens is 352 g/mol. The molecule has 2 atom stereocenters. The Hall–Kier alpha value is -2.43. The Balaban J connectivity index is 1.55. The SMILES string of the molecule is C[C@@H](O)c1nc2cnc3[nH]ccc3c2n1C1CN(CCCCC#N)CC12CC2. The number of nitriles is 1. The number of aliphatic hydroxyl groups is 1. The molecule has 2 fully saturated rings. The first kappa shape index (κ1) is 17.7. The molecule has 1 aliphatic carbocycles. The van der Waals surface area contributed by atoms with Gasteiger partial charge in [-0.05, 0) is 45.2 Å². The molecule has 1 saturated heterocycles. The Kier molecular flexibility index (Phi) is 4.14. The van der Waals surface area contributed by atoms with E-state index in [1.54, 1.807) is 6.92 Å². The molecule has 2 N–H and O–H groups in total. The predicted molar refractivity (Wildman–Crippen MR) is 107 cm³/mol. The molecule has 1 saturated carbocycles. The average Bonchev–Trinajstić information content (AvgIpc) is 3.03. The predicted octanol–water partition coefficient (Wildman–Crippen LogP) is 3.30. The minimum absolute atomic E-state index is 0.290. The summed E-state index contributed by atoms with van der Waals surface area (Å²) in [6, 6.07) is 4.62. The lowest BCUT2D eigenvalue weighted by Crippen LogP contribution is -2.23. The Morgan fingerprint density at radius 2 is 2.29 bits per heavy atom. The number of aliphatic hydroxyl groups excluding tert-OH is 1. The van der Waals surface area contributed by atoms with E-state index in [-0.39, 0.29) is 0 Å². The largest absolute Gasteiger partial charge is 0.385 e. The van der Waals surface area contributed by atoms with Crippen molar-refractivity contribution in [3.63, 3.8) is 0 Å². The summed E-state index contributed by atoms with van der Waals surface area (Å²) >= 11 is 0. The van der Waals surface area contributed by atoms with Crippen molar-refractivity contribution >= 4 is 22.1 Å². The fourth-order valence-corrected chi connectivity index (χ4v) is 4.99. The molecule has 4 heterocycles. The number of rotatable bonds is 6. The number of nitrogens with zero attached hydrogens (tertiary/aromatic N) is 5. The Morgan fingerprint density at radius 1 is 1.43 bits per heavy atom. The zero-order valence-electron chi connectivity index (χ0n) is 16.2. The third-order valence-electron chi connectivity index (χ3n) is 6.53. The van der Waals surface area contributed by atoms with Crippen LogP contribution in [0.4, 0.5) is 0 Å². The van der Waals surface area contributed by atoms with Crippen LogP contribution in [0.2, 0.25) is 0 Å². The maximum Gasteiger partial charge on any atom is 0.139 e. The summed E-state index contributed by atoms with van der Waals surface area (Å²) in [4.78, 5) is 15.0. The molecule has 146 valence electrons. The number of H-pyrrole nitrogens is 1. The number of nitrogens with one attached hydrogen (secondary N) is 1. The quantitative estimate of drug-likeness (QED) is 0.642. The molecular formula is C21H26N6O. The molecule has 3 aromatic heterocycles. The van der Waals surface area contributed by atoms with Gasteiger partial charge in [0.1, 0.15) is 23.1 Å². The molecule has 3 aromatic rings. The minimum Gasteiger partial charge on any atom is -0.385 e. The van der Waals surface area contributed by atoms with E-state index in [0.29, 0.717) is 17.9 Å². The zero-order chi connectivity index (χ0) is 19.3. The van der Waals surface area contributed by atoms with Crippen molar-refractivity contribution in [3.05, 3.63) is 24.3 Å². The molecule has 1 aliphatic heterocycles. The van der Waals surface area contributed by atoms with Gasteiger partial charge in [0.2, 0.25) is 0 Å². The van der Waals surface area contributed by atoms with E-state index in [4.69, 9.17) is 10.2 Å². The summed E-state index contributed by atoms with van der Waals surface area (Å²) < 4.78 is 2.32. The lowest BCUT2D eigenvalue weighted by atomic mass is 10.00. The molecule has 0 bridgehead atoms. The lowest BCUT2D eigenvalue weighted by molar-refractivity contribution is 0.178. The molecule has 1 unspecified atom stereocenters. The minimum atomic E-state index is -0.623. The number of fused-ring (bicyclic) bond motifs is 3. The molecule has 7 heteroatoms. The highest BCUT2D eigenvalue weighted by molar-refractivity contribution is 6.01. The number of aromatic amines is 1. The van der Waals surface area contributed by atoms with Crippen molar-refractivity contribution in [3.8, 4) is 6.07 Å². The van der Waals surface area contributed by atoms with Gasteiger partial charge in [-0.25, -0.2) is 9.97 Å². The maximum atomic E-state index is 10.5. The standard InChI is InChI=1S/C21H26N6O/c1-14(28)20-25-16-11-24-19-15(5-9-23-19)18(16)27(20)17-12-26(10-4-2-3-8-22)13-21(17)6-7-21/h5,9,11,14,17,28H,2-4,6-7,10,12-13H2,1H3,(H,23,24)/t14-,17?/m1/s1. The van der Waals surface area contributed by atoms with Crippen molar-refractivity contribution in [1.29, 1.82) is 5.26 Å². The second kappa shape index (κ2) is 6.57. The number of likely N-dealkylation sites (tertiary alicyclic amines) is 1. The van der Waals surface area contributed by atoms with Gasteiger partial charge in [0.15, 0.2) is 0 Å². The summed E-state index contributed by atoms with van der Waals surface area (Å²) in [6.07, 6.45) is 8.23. The highest BCUT2D eigenvalue weighted by Gasteiger charge is 2.56. The number of aromatic nitrogens is 4. The molecule has 0 radical (unpaired) electrons. The van der Waals surface area contributed by atoms with Gasteiger partial charge in [-0.3, -0.25) is 0 Å². The van der Waals surface area contributed by atoms with Gasteiger partial charge in [0.25, 0.3) is 0 Å². The van der Waals surface area contributed by atoms with Crippen LogP contribution < -0.4 is 0 Å². The first-order valence-corrected chi connectivity index (χ1v) is 10.2. The molecule has 7 nitrogen and oxygen atoms in total. The summed E-state index contributed by atoms with van der Waals surface area (Å²) in [6.45, 7) is 4.92. The Labute approximate surface area is 164 Å². The van der Waals surface area contributed by atoms with Gasteiger partial charge in [-0.2, -0.15) is 5.26 Å². The van der Waals surface area contributed by atoms with E-state index in [1.165, 1.54) is 12.8 Å². The number of hydrogen-bond donors (Lipinski definition) is 2. The van der Waals surface area contributed by atoms with Gasteiger partial charge >= 0.3 is 0 Å². The van der Waals surface area contributed by atoms with Crippen LogP contribution in [0.15, 0.2) is 18.5 Å². The second-order valence-corrected chi connectivity index (χ2v) is 8.48. The van der Waals surface area contributed by atoms with E-state index >= 15 is 0 Å². The molecule has 5 rings (SSSR count). The third-order valence-corrected chi connectivity index (χ3v) is 6.53. The van der Waals surface area contributed by atoms with Crippen molar-refractivity contribution in [2.24, 2.45) is 5.41 Å². The highest BCUT2D eigenvalue weighted by atomic mass is 16.3. The summed E-state index contributed by atoms with van der Waals surface area (Å²) in [7, 11) is 0. The average molecular weight is 378 g/mol. The second-order valence-electron chi connectivity index (χ2n) is 8.48. The van der Waals surface area contributed by atoms with Crippen LogP contribution in [-0.2, 0) is 0 Å². The molecule has 1 spiro atoms. The summed E-state index contributed by atoms with van der Waals surface area (Å²) in [5, 5.41) is 20.3. The summed E-state index contributed by atoms with van der Waals surface area (Å²) in [5.74, 6) is 0.744. The van der Waals surface area contributed by atoms with Crippen LogP contribution >= 0.6 is 0 Å². The van der Waals surface area contributed by atoms with Gasteiger partial charge in [-0.15, -0.1) is 0 Å². The molecule has 0 amide bonds. The fourth-order valence-electron chi connectivity index (χ4n) is 4.99. The molecule has 0 aromatic carbocycles. The van der Waals surface area contributed by atoms with Crippen LogP contribution in [0, 0.1) is 16.7 Å². The maximum absolute atomic E-state index is 10.5. The normalized spacial score (nSPS) is 22.2. The van der Waals surface area contributed by atoms with E-state index in [1.807, 2.05) is 12.4 Å². The number of imidazole rings is 1. The number of unbranched alkanes of at least 4 members (excludes halogenated alkanes) is 2. The topological polar surface area (TPSA) is 93.8 Å². The van der Waals surface area contributed by atoms with Crippen molar-refractivity contribution in [2.45, 2.75) is 51.2 Å². The van der Waals surface area contributed by atoms with Crippen LogP contribution in [0.1, 0.15) is 57.0 Å². The highest BCUT2D eigenvalue weighted by Crippen LogP contribution is 2.59. The van der Waals surface area contributed by atoms with Gasteiger partial charge in [0.05, 0.1) is 23.8 Å². The van der Waals surface area contributed by atoms with Crippen molar-refractivity contribution in [1.82, 2.24) is 24.4 Å². The molecule has 28 heavy (non-hydrogen) atoms. The van der Waals surface area contributed by atoms with E-state index < -0.39 is 6.10 Å². The first-order valence-electron chi connectivity index (χ1n) is 10.2. The Bertz CT molecular complexity index is 1050. The number of hydrogen-bond acceptors (Lipinski definition) is 5. The zero-order valence-corrected chi connectivity index (χ0v) is 16.2. The Morgan fingerprint density at radius 3 is 3.04 bits per heavy atom. The van der Waals surface area contributed by atoms with Crippen LogP contribution in [0.25, 0.3) is 22.1 Å². The van der Waals surface area contributed by atoms with Crippen LogP contribution in [-0.4, -0.2) is 49.2 Å². The smallest absolute Gasteiger partial charge is 0.139 e. The first-order chi connectivity index (χ1) is 13.6. The van der Waals surface area contributed by atoms with E-state index in [2.05, 4.69) is 31.6 Å². The van der Waals surface area contributed by atoms with Gasteiger partial charge in [-0.1, -0.05) is 0 Å². The summed E-state index contributed by atoms with van der Waals surface area (Å²) in [5.41, 5.74) is 3.09. The monoisotopic (exact) mass is 378 g/mol. The lowest BCUT2D eigenvalue weighted by Gasteiger charge is -2.23. The third kappa shape index (κ3) is 2.71. The fraction of sp³-hybridized carbons (Fsp3) is 0.571. The van der Waals surface area contributed by atoms with Crippen molar-refractivity contribution in [2.75, 3.05) is 19.6 Å². The van der Waals surface area contributed by atoms with E-state index in [9.17, 15) is 5.11 Å². The van der Waals surface area contributed by atoms with Crippen molar-refractivity contribution < 1.29 is 5.11 Å². The van der Waals surface area contributed by atoms with E-state index in [0.717, 1.165) is 60.4 Å².